The molecule has 0 bridgehead atoms. The molecule has 3 rings (SSSR count). The van der Waals surface area contributed by atoms with Crippen LogP contribution in [-0.2, 0) is 11.2 Å². The predicted octanol–water partition coefficient (Wildman–Crippen LogP) is 1.85. The molecule has 7 nitrogen and oxygen atoms in total. The van der Waals surface area contributed by atoms with Gasteiger partial charge in [-0.3, -0.25) is 4.79 Å². The molecular formula is C16H15N5O2. The summed E-state index contributed by atoms with van der Waals surface area (Å²) in [5.74, 6) is 1.50. The highest BCUT2D eigenvalue weighted by Gasteiger charge is 2.10. The zero-order valence-corrected chi connectivity index (χ0v) is 12.5. The van der Waals surface area contributed by atoms with Crippen molar-refractivity contribution in [2.45, 2.75) is 6.42 Å². The Hall–Kier alpha value is -3.22. The highest BCUT2D eigenvalue weighted by Crippen LogP contribution is 2.18. The summed E-state index contributed by atoms with van der Waals surface area (Å²) in [7, 11) is 1.58. The normalized spacial score (nSPS) is 10.3. The second-order valence-corrected chi connectivity index (χ2v) is 4.75. The summed E-state index contributed by atoms with van der Waals surface area (Å²) in [4.78, 5) is 20.4. The molecule has 0 aliphatic heterocycles. The van der Waals surface area contributed by atoms with E-state index < -0.39 is 0 Å². The molecule has 0 saturated heterocycles. The molecule has 2 aromatic heterocycles. The number of carbonyl (C=O) groups excluding carboxylic acids is 1. The Balaban J connectivity index is 1.72. The number of nitrogens with zero attached hydrogens (tertiary/aromatic N) is 4. The van der Waals surface area contributed by atoms with E-state index in [1.165, 1.54) is 6.33 Å². The van der Waals surface area contributed by atoms with Gasteiger partial charge in [-0.05, 0) is 12.1 Å². The van der Waals surface area contributed by atoms with Crippen molar-refractivity contribution in [3.63, 3.8) is 0 Å². The monoisotopic (exact) mass is 309 g/mol. The second-order valence-electron chi connectivity index (χ2n) is 4.75. The van der Waals surface area contributed by atoms with Gasteiger partial charge in [-0.15, -0.1) is 0 Å². The largest absolute Gasteiger partial charge is 0.496 e. The molecule has 0 fully saturated rings. The van der Waals surface area contributed by atoms with Crippen LogP contribution in [0.3, 0.4) is 0 Å². The number of ether oxygens (including phenoxy) is 1. The number of hydrogen-bond donors (Lipinski definition) is 1. The number of anilines is 1. The molecule has 0 spiro atoms. The second kappa shape index (κ2) is 6.69. The van der Waals surface area contributed by atoms with Crippen molar-refractivity contribution in [1.29, 1.82) is 0 Å². The van der Waals surface area contributed by atoms with Crippen molar-refractivity contribution < 1.29 is 9.53 Å². The number of rotatable bonds is 5. The average molecular weight is 309 g/mol. The fraction of sp³-hybridized carbons (Fsp3) is 0.125. The summed E-state index contributed by atoms with van der Waals surface area (Å²) >= 11 is 0. The van der Waals surface area contributed by atoms with E-state index in [1.807, 2.05) is 24.3 Å². The van der Waals surface area contributed by atoms with Crippen LogP contribution >= 0.6 is 0 Å². The van der Waals surface area contributed by atoms with E-state index in [0.717, 1.165) is 5.56 Å². The molecule has 116 valence electrons. The van der Waals surface area contributed by atoms with Gasteiger partial charge in [0.15, 0.2) is 5.82 Å². The lowest BCUT2D eigenvalue weighted by molar-refractivity contribution is -0.115. The lowest BCUT2D eigenvalue weighted by atomic mass is 10.1. The van der Waals surface area contributed by atoms with Crippen LogP contribution in [0.5, 0.6) is 5.75 Å². The predicted molar refractivity (Wildman–Crippen MR) is 84.5 cm³/mol. The minimum Gasteiger partial charge on any atom is -0.496 e. The molecule has 0 atom stereocenters. The van der Waals surface area contributed by atoms with Gasteiger partial charge in [-0.25, -0.2) is 14.6 Å². The maximum atomic E-state index is 12.2. The molecule has 2 heterocycles. The Kier molecular flexibility index (Phi) is 4.28. The molecule has 0 aliphatic carbocycles. The Labute approximate surface area is 133 Å². The first kappa shape index (κ1) is 14.7. The third kappa shape index (κ3) is 3.52. The van der Waals surface area contributed by atoms with Crippen LogP contribution in [0, 0.1) is 0 Å². The van der Waals surface area contributed by atoms with Crippen molar-refractivity contribution in [2.75, 3.05) is 12.4 Å². The van der Waals surface area contributed by atoms with E-state index in [9.17, 15) is 4.79 Å². The summed E-state index contributed by atoms with van der Waals surface area (Å²) in [6.45, 7) is 0. The van der Waals surface area contributed by atoms with E-state index in [1.54, 1.807) is 36.3 Å². The molecular weight excluding hydrogens is 294 g/mol. The lowest BCUT2D eigenvalue weighted by Gasteiger charge is -2.09. The molecule has 0 aliphatic rings. The smallest absolute Gasteiger partial charge is 0.230 e. The number of hydrogen-bond acceptors (Lipinski definition) is 5. The Morgan fingerprint density at radius 3 is 2.91 bits per heavy atom. The summed E-state index contributed by atoms with van der Waals surface area (Å²) in [6, 6.07) is 10.9. The van der Waals surface area contributed by atoms with E-state index >= 15 is 0 Å². The maximum Gasteiger partial charge on any atom is 0.230 e. The Bertz CT molecular complexity index is 802. The Morgan fingerprint density at radius 2 is 2.13 bits per heavy atom. The van der Waals surface area contributed by atoms with Crippen molar-refractivity contribution >= 4 is 11.7 Å². The highest BCUT2D eigenvalue weighted by atomic mass is 16.5. The number of amides is 1. The molecule has 1 amide bonds. The fourth-order valence-electron chi connectivity index (χ4n) is 2.15. The average Bonchev–Trinajstić information content (AvgIpc) is 3.10. The minimum atomic E-state index is -0.181. The first-order valence-corrected chi connectivity index (χ1v) is 7.00. The van der Waals surface area contributed by atoms with Gasteiger partial charge in [0.25, 0.3) is 0 Å². The molecule has 0 saturated carbocycles. The quantitative estimate of drug-likeness (QED) is 0.778. The van der Waals surface area contributed by atoms with Gasteiger partial charge < -0.3 is 10.1 Å². The zero-order chi connectivity index (χ0) is 16.1. The number of nitrogens with one attached hydrogen (secondary N) is 1. The molecule has 1 N–H and O–H groups in total. The number of benzene rings is 1. The molecule has 0 radical (unpaired) electrons. The van der Waals surface area contributed by atoms with Crippen molar-refractivity contribution in [3.8, 4) is 11.6 Å². The van der Waals surface area contributed by atoms with Gasteiger partial charge in [-0.1, -0.05) is 18.2 Å². The third-order valence-corrected chi connectivity index (χ3v) is 3.20. The van der Waals surface area contributed by atoms with Crippen LogP contribution < -0.4 is 10.1 Å². The highest BCUT2D eigenvalue weighted by molar-refractivity contribution is 5.91. The van der Waals surface area contributed by atoms with Crippen LogP contribution in [0.1, 0.15) is 5.56 Å². The summed E-state index contributed by atoms with van der Waals surface area (Å²) in [6.07, 6.45) is 5.01. The van der Waals surface area contributed by atoms with Crippen molar-refractivity contribution in [2.24, 2.45) is 0 Å². The lowest BCUT2D eigenvalue weighted by Crippen LogP contribution is -2.16. The summed E-state index contributed by atoms with van der Waals surface area (Å²) in [5, 5.41) is 6.85. The van der Waals surface area contributed by atoms with Crippen molar-refractivity contribution in [3.05, 3.63) is 60.7 Å². The van der Waals surface area contributed by atoms with Gasteiger partial charge in [0, 0.05) is 24.0 Å². The van der Waals surface area contributed by atoms with Gasteiger partial charge in [-0.2, -0.15) is 5.10 Å². The molecule has 0 unspecified atom stereocenters. The summed E-state index contributed by atoms with van der Waals surface area (Å²) in [5.41, 5.74) is 0.814. The molecule has 3 aromatic rings. The third-order valence-electron chi connectivity index (χ3n) is 3.20. The van der Waals surface area contributed by atoms with Crippen LogP contribution in [0.25, 0.3) is 5.82 Å². The van der Waals surface area contributed by atoms with Gasteiger partial charge in [0.1, 0.15) is 17.9 Å². The number of methoxy groups -OCH3 is 1. The van der Waals surface area contributed by atoms with Crippen molar-refractivity contribution in [1.82, 2.24) is 19.7 Å². The van der Waals surface area contributed by atoms with Crippen LogP contribution in [0.2, 0.25) is 0 Å². The van der Waals surface area contributed by atoms with Gasteiger partial charge in [0.2, 0.25) is 5.91 Å². The van der Waals surface area contributed by atoms with E-state index in [4.69, 9.17) is 4.74 Å². The van der Waals surface area contributed by atoms with E-state index in [2.05, 4.69) is 20.4 Å². The number of para-hydroxylation sites is 1. The van der Waals surface area contributed by atoms with Gasteiger partial charge in [0.05, 0.1) is 13.5 Å². The minimum absolute atomic E-state index is 0.181. The fourth-order valence-corrected chi connectivity index (χ4v) is 2.15. The first-order chi connectivity index (χ1) is 11.3. The van der Waals surface area contributed by atoms with E-state index in [-0.39, 0.29) is 12.3 Å². The van der Waals surface area contributed by atoms with Crippen LogP contribution in [-0.4, -0.2) is 32.8 Å². The van der Waals surface area contributed by atoms with Gasteiger partial charge >= 0.3 is 0 Å². The topological polar surface area (TPSA) is 81.9 Å². The molecule has 7 heteroatoms. The Morgan fingerprint density at radius 1 is 1.26 bits per heavy atom. The maximum absolute atomic E-state index is 12.2. The SMILES string of the molecule is COc1ccccc1CC(=O)Nc1cc(-n2cccn2)ncn1. The van der Waals surface area contributed by atoms with E-state index in [0.29, 0.717) is 17.4 Å². The number of carbonyl (C=O) groups is 1. The first-order valence-electron chi connectivity index (χ1n) is 7.00. The molecule has 23 heavy (non-hydrogen) atoms. The van der Waals surface area contributed by atoms with Crippen LogP contribution in [0.15, 0.2) is 55.1 Å². The zero-order valence-electron chi connectivity index (χ0n) is 12.5. The van der Waals surface area contributed by atoms with Crippen LogP contribution in [0.4, 0.5) is 5.82 Å². The standard InChI is InChI=1S/C16H15N5O2/c1-23-13-6-3-2-5-12(13)9-16(22)20-14-10-15(18-11-17-14)21-8-4-7-19-21/h2-8,10-11H,9H2,1H3,(H,17,18,20,22). The molecule has 1 aromatic carbocycles. The number of aromatic nitrogens is 4. The summed E-state index contributed by atoms with van der Waals surface area (Å²) < 4.78 is 6.84.